The van der Waals surface area contributed by atoms with Gasteiger partial charge in [-0.1, -0.05) is 30.3 Å². The number of aromatic amines is 1. The Labute approximate surface area is 173 Å². The van der Waals surface area contributed by atoms with E-state index < -0.39 is 0 Å². The van der Waals surface area contributed by atoms with Crippen LogP contribution in [0.25, 0.3) is 32.7 Å². The number of benzene rings is 2. The molecular weight excluding hydrogens is 390 g/mol. The van der Waals surface area contributed by atoms with Crippen LogP contribution in [0.1, 0.15) is 18.5 Å². The minimum Gasteiger partial charge on any atom is -0.358 e. The predicted octanol–water partition coefficient (Wildman–Crippen LogP) is 6.04. The average molecular weight is 410 g/mol. The van der Waals surface area contributed by atoms with Gasteiger partial charge in [0.1, 0.15) is 5.01 Å². The minimum absolute atomic E-state index is 0. The van der Waals surface area contributed by atoms with E-state index in [9.17, 15) is 4.79 Å². The van der Waals surface area contributed by atoms with Gasteiger partial charge in [0.2, 0.25) is 5.91 Å². The van der Waals surface area contributed by atoms with Crippen molar-refractivity contribution in [3.05, 3.63) is 59.6 Å². The van der Waals surface area contributed by atoms with Crippen molar-refractivity contribution in [1.82, 2.24) is 9.97 Å². The number of amides is 1. The van der Waals surface area contributed by atoms with Crippen LogP contribution in [0.5, 0.6) is 0 Å². The fourth-order valence-corrected chi connectivity index (χ4v) is 4.26. The Bertz CT molecular complexity index is 1160. The highest BCUT2D eigenvalue weighted by Crippen LogP contribution is 2.36. The van der Waals surface area contributed by atoms with Gasteiger partial charge in [0.05, 0.1) is 5.69 Å². The third-order valence-electron chi connectivity index (χ3n) is 4.98. The number of hydrogen-bond donors (Lipinski definition) is 2. The van der Waals surface area contributed by atoms with Gasteiger partial charge in [-0.15, -0.1) is 23.7 Å². The summed E-state index contributed by atoms with van der Waals surface area (Å²) in [5.41, 5.74) is 6.26. The van der Waals surface area contributed by atoms with Gasteiger partial charge in [-0.25, -0.2) is 4.98 Å². The Balaban J connectivity index is 0.00000192. The quantitative estimate of drug-likeness (QED) is 0.431. The van der Waals surface area contributed by atoms with Crippen LogP contribution in [-0.4, -0.2) is 15.9 Å². The van der Waals surface area contributed by atoms with Crippen molar-refractivity contribution in [2.75, 3.05) is 5.32 Å². The van der Waals surface area contributed by atoms with Gasteiger partial charge < -0.3 is 10.3 Å². The van der Waals surface area contributed by atoms with Gasteiger partial charge in [-0.3, -0.25) is 4.79 Å². The molecule has 1 amide bonds. The standard InChI is InChI=1S/C22H19N3OS.ClH/c1-13-20(17-7-2-3-8-18(17)23-13)19-12-27-22(25-19)15-5-4-6-16(11-15)24-21(26)14-9-10-14;/h2-8,11-12,14,23H,9-10H2,1H3,(H,24,26);1H. The number of fused-ring (bicyclic) bond motifs is 1. The summed E-state index contributed by atoms with van der Waals surface area (Å²) in [4.78, 5) is 20.3. The second-order valence-corrected chi connectivity index (χ2v) is 7.91. The number of halogens is 1. The Morgan fingerprint density at radius 1 is 1.18 bits per heavy atom. The molecule has 0 atom stereocenters. The van der Waals surface area contributed by atoms with E-state index in [-0.39, 0.29) is 24.2 Å². The first-order valence-corrected chi connectivity index (χ1v) is 10.0. The van der Waals surface area contributed by atoms with Crippen molar-refractivity contribution < 1.29 is 4.79 Å². The number of aryl methyl sites for hydroxylation is 1. The molecule has 1 fully saturated rings. The highest BCUT2D eigenvalue weighted by Gasteiger charge is 2.29. The fourth-order valence-electron chi connectivity index (χ4n) is 3.45. The van der Waals surface area contributed by atoms with E-state index in [1.807, 2.05) is 30.3 Å². The van der Waals surface area contributed by atoms with E-state index >= 15 is 0 Å². The summed E-state index contributed by atoms with van der Waals surface area (Å²) in [6.07, 6.45) is 2.01. The molecule has 4 aromatic rings. The number of H-pyrrole nitrogens is 1. The summed E-state index contributed by atoms with van der Waals surface area (Å²) in [5, 5.41) is 7.27. The van der Waals surface area contributed by atoms with E-state index in [2.05, 4.69) is 40.8 Å². The van der Waals surface area contributed by atoms with Gasteiger partial charge in [-0.2, -0.15) is 0 Å². The molecule has 0 unspecified atom stereocenters. The third-order valence-corrected chi connectivity index (χ3v) is 5.87. The number of nitrogens with zero attached hydrogens (tertiary/aromatic N) is 1. The van der Waals surface area contributed by atoms with Crippen LogP contribution in [-0.2, 0) is 4.79 Å². The molecule has 1 aliphatic carbocycles. The van der Waals surface area contributed by atoms with Crippen molar-refractivity contribution in [1.29, 1.82) is 0 Å². The number of hydrogen-bond acceptors (Lipinski definition) is 3. The van der Waals surface area contributed by atoms with E-state index in [1.54, 1.807) is 11.3 Å². The Morgan fingerprint density at radius 3 is 2.82 bits per heavy atom. The van der Waals surface area contributed by atoms with Crippen LogP contribution in [0.3, 0.4) is 0 Å². The maximum absolute atomic E-state index is 12.0. The van der Waals surface area contributed by atoms with Crippen LogP contribution in [0, 0.1) is 12.8 Å². The maximum atomic E-state index is 12.0. The average Bonchev–Trinajstić information content (AvgIpc) is 3.32. The number of carbonyl (C=O) groups excluding carboxylic acids is 1. The Morgan fingerprint density at radius 2 is 2.00 bits per heavy atom. The SMILES string of the molecule is Cc1[nH]c2ccccc2c1-c1csc(-c2cccc(NC(=O)C3CC3)c2)n1.Cl. The molecule has 1 aliphatic rings. The van der Waals surface area contributed by atoms with E-state index in [0.29, 0.717) is 0 Å². The molecule has 2 aromatic carbocycles. The minimum atomic E-state index is 0. The smallest absolute Gasteiger partial charge is 0.227 e. The van der Waals surface area contributed by atoms with Crippen molar-refractivity contribution in [2.45, 2.75) is 19.8 Å². The number of thiazole rings is 1. The molecule has 28 heavy (non-hydrogen) atoms. The second kappa shape index (κ2) is 7.41. The van der Waals surface area contributed by atoms with E-state index in [0.717, 1.165) is 51.6 Å². The van der Waals surface area contributed by atoms with Gasteiger partial charge >= 0.3 is 0 Å². The van der Waals surface area contributed by atoms with Crippen molar-refractivity contribution in [3.63, 3.8) is 0 Å². The number of carbonyl (C=O) groups is 1. The van der Waals surface area contributed by atoms with Crippen LogP contribution >= 0.6 is 23.7 Å². The lowest BCUT2D eigenvalue weighted by Gasteiger charge is -2.05. The number of aromatic nitrogens is 2. The van der Waals surface area contributed by atoms with Crippen LogP contribution in [0.15, 0.2) is 53.9 Å². The van der Waals surface area contributed by atoms with E-state index in [1.165, 1.54) is 5.39 Å². The summed E-state index contributed by atoms with van der Waals surface area (Å²) in [6.45, 7) is 2.09. The van der Waals surface area contributed by atoms with Gasteiger partial charge in [0.25, 0.3) is 0 Å². The Hall–Kier alpha value is -2.63. The normalized spacial score (nSPS) is 13.3. The lowest BCUT2D eigenvalue weighted by molar-refractivity contribution is -0.117. The molecule has 2 heterocycles. The highest BCUT2D eigenvalue weighted by molar-refractivity contribution is 7.13. The molecule has 0 bridgehead atoms. The van der Waals surface area contributed by atoms with Crippen molar-refractivity contribution in [3.8, 4) is 21.8 Å². The fraction of sp³-hybridized carbons (Fsp3) is 0.182. The van der Waals surface area contributed by atoms with Crippen LogP contribution < -0.4 is 5.32 Å². The van der Waals surface area contributed by atoms with Crippen molar-refractivity contribution >= 4 is 46.2 Å². The molecule has 6 heteroatoms. The first-order chi connectivity index (χ1) is 13.2. The summed E-state index contributed by atoms with van der Waals surface area (Å²) >= 11 is 1.63. The maximum Gasteiger partial charge on any atom is 0.227 e. The van der Waals surface area contributed by atoms with Gasteiger partial charge in [-0.05, 0) is 38.0 Å². The van der Waals surface area contributed by atoms with Crippen LogP contribution in [0.4, 0.5) is 5.69 Å². The number of para-hydroxylation sites is 1. The largest absolute Gasteiger partial charge is 0.358 e. The topological polar surface area (TPSA) is 57.8 Å². The molecule has 1 saturated carbocycles. The second-order valence-electron chi connectivity index (χ2n) is 7.05. The first kappa shape index (κ1) is 18.7. The molecule has 0 radical (unpaired) electrons. The zero-order valence-electron chi connectivity index (χ0n) is 15.4. The molecule has 142 valence electrons. The molecule has 0 aliphatic heterocycles. The molecule has 4 nitrogen and oxygen atoms in total. The summed E-state index contributed by atoms with van der Waals surface area (Å²) < 4.78 is 0. The van der Waals surface area contributed by atoms with Gasteiger partial charge in [0.15, 0.2) is 0 Å². The summed E-state index contributed by atoms with van der Waals surface area (Å²) in [6, 6.07) is 16.3. The molecule has 2 N–H and O–H groups in total. The summed E-state index contributed by atoms with van der Waals surface area (Å²) in [5.74, 6) is 0.325. The molecule has 0 spiro atoms. The number of rotatable bonds is 4. The van der Waals surface area contributed by atoms with E-state index in [4.69, 9.17) is 4.98 Å². The Kier molecular flexibility index (Phi) is 4.96. The lowest BCUT2D eigenvalue weighted by Crippen LogP contribution is -2.13. The monoisotopic (exact) mass is 409 g/mol. The molecule has 0 saturated heterocycles. The van der Waals surface area contributed by atoms with Crippen molar-refractivity contribution in [2.24, 2.45) is 5.92 Å². The third kappa shape index (κ3) is 3.43. The predicted molar refractivity (Wildman–Crippen MR) is 118 cm³/mol. The van der Waals surface area contributed by atoms with Gasteiger partial charge in [0, 0.05) is 44.7 Å². The molecule has 5 rings (SSSR count). The molecule has 2 aromatic heterocycles. The number of nitrogens with one attached hydrogen (secondary N) is 2. The highest BCUT2D eigenvalue weighted by atomic mass is 35.5. The summed E-state index contributed by atoms with van der Waals surface area (Å²) in [7, 11) is 0. The van der Waals surface area contributed by atoms with Crippen LogP contribution in [0.2, 0.25) is 0 Å². The first-order valence-electron chi connectivity index (χ1n) is 9.13. The lowest BCUT2D eigenvalue weighted by atomic mass is 10.1. The zero-order chi connectivity index (χ0) is 18.4. The molecular formula is C22H20ClN3OS. The number of anilines is 1. The zero-order valence-corrected chi connectivity index (χ0v) is 17.0.